The first kappa shape index (κ1) is 12.6. The second-order valence-electron chi connectivity index (χ2n) is 4.15. The monoisotopic (exact) mass is 245 g/mol. The van der Waals surface area contributed by atoms with Crippen molar-refractivity contribution in [1.82, 2.24) is 0 Å². The molecule has 0 aromatic heterocycles. The molecule has 0 heterocycles. The highest BCUT2D eigenvalue weighted by molar-refractivity contribution is 5.38. The molecule has 0 bridgehead atoms. The lowest BCUT2D eigenvalue weighted by molar-refractivity contribution is 0.399. The van der Waals surface area contributed by atoms with E-state index in [2.05, 4.69) is 0 Å². The third kappa shape index (κ3) is 2.68. The van der Waals surface area contributed by atoms with E-state index in [0.717, 1.165) is 5.56 Å². The number of ether oxygens (including phenoxy) is 1. The summed E-state index contributed by atoms with van der Waals surface area (Å²) in [7, 11) is 1.52. The molecule has 1 unspecified atom stereocenters. The van der Waals surface area contributed by atoms with E-state index in [-0.39, 0.29) is 5.82 Å². The largest absolute Gasteiger partial charge is 0.496 e. The molecule has 18 heavy (non-hydrogen) atoms. The summed E-state index contributed by atoms with van der Waals surface area (Å²) in [6.45, 7) is 0. The quantitative estimate of drug-likeness (QED) is 0.898. The number of methoxy groups -OCH3 is 1. The summed E-state index contributed by atoms with van der Waals surface area (Å²) in [4.78, 5) is 0. The molecule has 0 aliphatic heterocycles. The van der Waals surface area contributed by atoms with Crippen LogP contribution in [0.4, 0.5) is 4.39 Å². The number of rotatable bonds is 4. The van der Waals surface area contributed by atoms with Gasteiger partial charge in [0, 0.05) is 11.6 Å². The van der Waals surface area contributed by atoms with Crippen LogP contribution in [0.25, 0.3) is 0 Å². The van der Waals surface area contributed by atoms with Crippen molar-refractivity contribution >= 4 is 0 Å². The number of hydrogen-bond donors (Lipinski definition) is 1. The number of hydrogen-bond acceptors (Lipinski definition) is 2. The smallest absolute Gasteiger partial charge is 0.131 e. The molecular weight excluding hydrogens is 229 g/mol. The lowest BCUT2D eigenvalue weighted by Gasteiger charge is -2.16. The molecule has 1 atom stereocenters. The summed E-state index contributed by atoms with van der Waals surface area (Å²) in [6, 6.07) is 14.1. The normalized spacial score (nSPS) is 12.2. The van der Waals surface area contributed by atoms with Gasteiger partial charge in [-0.25, -0.2) is 4.39 Å². The van der Waals surface area contributed by atoms with Crippen LogP contribution in [0.3, 0.4) is 0 Å². The van der Waals surface area contributed by atoms with E-state index in [1.54, 1.807) is 12.1 Å². The fourth-order valence-corrected chi connectivity index (χ4v) is 2.03. The molecule has 0 aliphatic carbocycles. The number of benzene rings is 2. The molecule has 0 aliphatic rings. The van der Waals surface area contributed by atoms with Gasteiger partial charge in [-0.3, -0.25) is 0 Å². The molecule has 0 saturated heterocycles. The van der Waals surface area contributed by atoms with Gasteiger partial charge < -0.3 is 10.5 Å². The minimum atomic E-state index is -0.413. The van der Waals surface area contributed by atoms with E-state index in [1.807, 2.05) is 30.3 Å². The zero-order valence-electron chi connectivity index (χ0n) is 10.3. The van der Waals surface area contributed by atoms with Crippen molar-refractivity contribution in [3.8, 4) is 5.75 Å². The summed E-state index contributed by atoms with van der Waals surface area (Å²) in [6.07, 6.45) is 0.581. The highest BCUT2D eigenvalue weighted by Crippen LogP contribution is 2.28. The maximum atomic E-state index is 13.8. The number of halogens is 1. The van der Waals surface area contributed by atoms with Crippen LogP contribution < -0.4 is 10.5 Å². The Morgan fingerprint density at radius 3 is 2.50 bits per heavy atom. The van der Waals surface area contributed by atoms with Crippen LogP contribution in [0.5, 0.6) is 5.75 Å². The molecule has 3 heteroatoms. The summed E-state index contributed by atoms with van der Waals surface area (Å²) in [5.74, 6) is 0.177. The maximum Gasteiger partial charge on any atom is 0.131 e. The van der Waals surface area contributed by atoms with Gasteiger partial charge in [-0.2, -0.15) is 0 Å². The first-order valence-electron chi connectivity index (χ1n) is 5.84. The van der Waals surface area contributed by atoms with Crippen molar-refractivity contribution in [2.24, 2.45) is 5.73 Å². The van der Waals surface area contributed by atoms with Gasteiger partial charge in [-0.1, -0.05) is 36.4 Å². The van der Waals surface area contributed by atoms with Crippen LogP contribution in [-0.2, 0) is 6.42 Å². The van der Waals surface area contributed by atoms with Crippen molar-refractivity contribution in [2.45, 2.75) is 12.5 Å². The Hall–Kier alpha value is -1.87. The molecule has 94 valence electrons. The third-order valence-electron chi connectivity index (χ3n) is 2.90. The predicted octanol–water partition coefficient (Wildman–Crippen LogP) is 3.08. The minimum Gasteiger partial charge on any atom is -0.496 e. The molecule has 2 rings (SSSR count). The minimum absolute atomic E-state index is 0.321. The van der Waals surface area contributed by atoms with Crippen LogP contribution in [0.1, 0.15) is 17.2 Å². The molecule has 0 saturated carbocycles. The fraction of sp³-hybridized carbons (Fsp3) is 0.200. The molecule has 0 radical (unpaired) electrons. The van der Waals surface area contributed by atoms with Gasteiger partial charge in [-0.15, -0.1) is 0 Å². The Bertz CT molecular complexity index is 513. The van der Waals surface area contributed by atoms with Gasteiger partial charge in [0.2, 0.25) is 0 Å². The first-order chi connectivity index (χ1) is 8.72. The predicted molar refractivity (Wildman–Crippen MR) is 70.0 cm³/mol. The van der Waals surface area contributed by atoms with Crippen molar-refractivity contribution in [2.75, 3.05) is 7.11 Å². The van der Waals surface area contributed by atoms with Crippen LogP contribution in [-0.4, -0.2) is 7.11 Å². The van der Waals surface area contributed by atoms with Crippen LogP contribution in [0.15, 0.2) is 48.5 Å². The highest BCUT2D eigenvalue weighted by Gasteiger charge is 2.17. The Labute approximate surface area is 106 Å². The van der Waals surface area contributed by atoms with Gasteiger partial charge in [0.25, 0.3) is 0 Å². The average molecular weight is 245 g/mol. The second-order valence-corrected chi connectivity index (χ2v) is 4.15. The zero-order chi connectivity index (χ0) is 13.0. The Balaban J connectivity index is 2.26. The summed E-state index contributed by atoms with van der Waals surface area (Å²) in [5.41, 5.74) is 7.60. The van der Waals surface area contributed by atoms with Gasteiger partial charge in [-0.05, 0) is 24.1 Å². The Morgan fingerprint density at radius 1 is 1.11 bits per heavy atom. The molecular formula is C15H16FNO. The van der Waals surface area contributed by atoms with E-state index in [9.17, 15) is 4.39 Å². The van der Waals surface area contributed by atoms with Gasteiger partial charge in [0.1, 0.15) is 11.6 Å². The highest BCUT2D eigenvalue weighted by atomic mass is 19.1. The van der Waals surface area contributed by atoms with Crippen LogP contribution >= 0.6 is 0 Å². The van der Waals surface area contributed by atoms with E-state index >= 15 is 0 Å². The zero-order valence-corrected chi connectivity index (χ0v) is 10.3. The number of nitrogens with two attached hydrogens (primary N) is 1. The summed E-state index contributed by atoms with van der Waals surface area (Å²) >= 11 is 0. The van der Waals surface area contributed by atoms with Gasteiger partial charge in [0.15, 0.2) is 0 Å². The molecule has 2 nitrogen and oxygen atoms in total. The van der Waals surface area contributed by atoms with Gasteiger partial charge in [0.05, 0.1) is 7.11 Å². The molecule has 2 aromatic rings. The molecule has 0 amide bonds. The molecule has 0 fully saturated rings. The molecule has 0 spiro atoms. The average Bonchev–Trinajstić information content (AvgIpc) is 2.39. The van der Waals surface area contributed by atoms with Crippen molar-refractivity contribution in [3.05, 3.63) is 65.5 Å². The standard InChI is InChI=1S/C15H16FNO/c1-18-14-9-5-8-12(16)15(14)13(17)10-11-6-3-2-4-7-11/h2-9,13H,10,17H2,1H3. The third-order valence-corrected chi connectivity index (χ3v) is 2.90. The fourth-order valence-electron chi connectivity index (χ4n) is 2.03. The Morgan fingerprint density at radius 2 is 1.83 bits per heavy atom. The van der Waals surface area contributed by atoms with Crippen LogP contribution in [0.2, 0.25) is 0 Å². The summed E-state index contributed by atoms with van der Waals surface area (Å²) < 4.78 is 19.0. The topological polar surface area (TPSA) is 35.2 Å². The van der Waals surface area contributed by atoms with E-state index in [4.69, 9.17) is 10.5 Å². The van der Waals surface area contributed by atoms with E-state index in [1.165, 1.54) is 13.2 Å². The second kappa shape index (κ2) is 5.65. The van der Waals surface area contributed by atoms with Crippen LogP contribution in [0, 0.1) is 5.82 Å². The summed E-state index contributed by atoms with van der Waals surface area (Å²) in [5, 5.41) is 0. The van der Waals surface area contributed by atoms with Crippen molar-refractivity contribution in [1.29, 1.82) is 0 Å². The van der Waals surface area contributed by atoms with E-state index in [0.29, 0.717) is 17.7 Å². The molecule has 2 aromatic carbocycles. The van der Waals surface area contributed by atoms with Crippen molar-refractivity contribution < 1.29 is 9.13 Å². The van der Waals surface area contributed by atoms with Crippen molar-refractivity contribution in [3.63, 3.8) is 0 Å². The maximum absolute atomic E-state index is 13.8. The molecule has 2 N–H and O–H groups in total. The van der Waals surface area contributed by atoms with E-state index < -0.39 is 6.04 Å². The Kier molecular flexibility index (Phi) is 3.95. The SMILES string of the molecule is COc1cccc(F)c1C(N)Cc1ccccc1. The van der Waals surface area contributed by atoms with Gasteiger partial charge >= 0.3 is 0 Å². The first-order valence-corrected chi connectivity index (χ1v) is 5.84. The lowest BCUT2D eigenvalue weighted by Crippen LogP contribution is -2.16. The lowest BCUT2D eigenvalue weighted by atomic mass is 9.98.